The first-order valence-electron chi connectivity index (χ1n) is 5.76. The van der Waals surface area contributed by atoms with Crippen molar-refractivity contribution in [2.75, 3.05) is 6.54 Å². The molecule has 78 valence electrons. The summed E-state index contributed by atoms with van der Waals surface area (Å²) in [6, 6.07) is 1.16. The van der Waals surface area contributed by atoms with Crippen LogP contribution in [-0.4, -0.2) is 18.6 Å². The highest BCUT2D eigenvalue weighted by Gasteiger charge is 2.34. The molecule has 1 aliphatic rings. The first-order chi connectivity index (χ1) is 6.27. The molecule has 3 atom stereocenters. The van der Waals surface area contributed by atoms with Crippen LogP contribution in [0.2, 0.25) is 0 Å². The molecule has 2 heteroatoms. The van der Waals surface area contributed by atoms with Crippen molar-refractivity contribution in [2.24, 2.45) is 11.7 Å². The van der Waals surface area contributed by atoms with Gasteiger partial charge in [0, 0.05) is 18.6 Å². The van der Waals surface area contributed by atoms with Crippen molar-refractivity contribution in [3.8, 4) is 0 Å². The molecule has 2 nitrogen and oxygen atoms in total. The number of nitrogens with one attached hydrogen (secondary N) is 1. The Kier molecular flexibility index (Phi) is 4.74. The fourth-order valence-corrected chi connectivity index (χ4v) is 1.82. The molecule has 0 saturated heterocycles. The number of unbranched alkanes of at least 4 members (excludes halogenated alkanes) is 1. The Bertz CT molecular complexity index is 136. The molecule has 1 fully saturated rings. The molecule has 1 saturated carbocycles. The fourth-order valence-electron chi connectivity index (χ4n) is 1.82. The van der Waals surface area contributed by atoms with Crippen LogP contribution in [0.5, 0.6) is 0 Å². The SMILES string of the molecule is CCCCC(N)CNC1CC1CC. The molecule has 1 aliphatic carbocycles. The summed E-state index contributed by atoms with van der Waals surface area (Å²) in [5, 5.41) is 3.54. The summed E-state index contributed by atoms with van der Waals surface area (Å²) in [5.41, 5.74) is 5.96. The molecule has 0 spiro atoms. The van der Waals surface area contributed by atoms with Crippen LogP contribution in [0, 0.1) is 5.92 Å². The molecule has 3 N–H and O–H groups in total. The van der Waals surface area contributed by atoms with Gasteiger partial charge in [0.1, 0.15) is 0 Å². The minimum absolute atomic E-state index is 0.373. The van der Waals surface area contributed by atoms with Gasteiger partial charge in [0.2, 0.25) is 0 Å². The lowest BCUT2D eigenvalue weighted by Gasteiger charge is -2.11. The monoisotopic (exact) mass is 184 g/mol. The Morgan fingerprint density at radius 2 is 2.23 bits per heavy atom. The standard InChI is InChI=1S/C11H24N2/c1-3-5-6-10(12)8-13-11-7-9(11)4-2/h9-11,13H,3-8,12H2,1-2H3. The topological polar surface area (TPSA) is 38.0 Å². The zero-order chi connectivity index (χ0) is 9.68. The first-order valence-corrected chi connectivity index (χ1v) is 5.76. The average molecular weight is 184 g/mol. The molecule has 0 aromatic rings. The Morgan fingerprint density at radius 1 is 1.46 bits per heavy atom. The van der Waals surface area contributed by atoms with E-state index in [4.69, 9.17) is 5.73 Å². The van der Waals surface area contributed by atoms with Gasteiger partial charge in [-0.25, -0.2) is 0 Å². The van der Waals surface area contributed by atoms with E-state index in [0.29, 0.717) is 6.04 Å². The Morgan fingerprint density at radius 3 is 2.77 bits per heavy atom. The predicted octanol–water partition coefficient (Wildman–Crippen LogP) is 1.89. The van der Waals surface area contributed by atoms with E-state index in [-0.39, 0.29) is 0 Å². The van der Waals surface area contributed by atoms with E-state index in [1.807, 2.05) is 0 Å². The highest BCUT2D eigenvalue weighted by atomic mass is 15.0. The summed E-state index contributed by atoms with van der Waals surface area (Å²) < 4.78 is 0. The third-order valence-corrected chi connectivity index (χ3v) is 3.02. The van der Waals surface area contributed by atoms with Crippen LogP contribution >= 0.6 is 0 Å². The van der Waals surface area contributed by atoms with Crippen LogP contribution < -0.4 is 11.1 Å². The number of hydrogen-bond acceptors (Lipinski definition) is 2. The maximum Gasteiger partial charge on any atom is 0.0165 e. The van der Waals surface area contributed by atoms with Gasteiger partial charge in [0.25, 0.3) is 0 Å². The van der Waals surface area contributed by atoms with Gasteiger partial charge >= 0.3 is 0 Å². The molecule has 0 heterocycles. The van der Waals surface area contributed by atoms with Gasteiger partial charge in [-0.2, -0.15) is 0 Å². The molecule has 0 amide bonds. The van der Waals surface area contributed by atoms with Crippen LogP contribution in [-0.2, 0) is 0 Å². The second kappa shape index (κ2) is 5.61. The third kappa shape index (κ3) is 4.10. The zero-order valence-electron chi connectivity index (χ0n) is 9.05. The van der Waals surface area contributed by atoms with Crippen LogP contribution in [0.3, 0.4) is 0 Å². The average Bonchev–Trinajstić information content (AvgIpc) is 2.90. The van der Waals surface area contributed by atoms with Gasteiger partial charge in [-0.1, -0.05) is 33.1 Å². The van der Waals surface area contributed by atoms with Gasteiger partial charge in [0.15, 0.2) is 0 Å². The number of nitrogens with two attached hydrogens (primary N) is 1. The molecule has 0 aliphatic heterocycles. The quantitative estimate of drug-likeness (QED) is 0.634. The van der Waals surface area contributed by atoms with E-state index in [9.17, 15) is 0 Å². The highest BCUT2D eigenvalue weighted by molar-refractivity contribution is 4.92. The smallest absolute Gasteiger partial charge is 0.0165 e. The van der Waals surface area contributed by atoms with E-state index in [1.165, 1.54) is 32.1 Å². The number of rotatable bonds is 7. The summed E-state index contributed by atoms with van der Waals surface area (Å²) >= 11 is 0. The van der Waals surface area contributed by atoms with Crippen molar-refractivity contribution in [3.63, 3.8) is 0 Å². The third-order valence-electron chi connectivity index (χ3n) is 3.02. The number of hydrogen-bond donors (Lipinski definition) is 2. The van der Waals surface area contributed by atoms with E-state index in [0.717, 1.165) is 18.5 Å². The fraction of sp³-hybridized carbons (Fsp3) is 1.00. The summed E-state index contributed by atoms with van der Waals surface area (Å²) in [6.45, 7) is 5.50. The predicted molar refractivity (Wildman–Crippen MR) is 57.7 cm³/mol. The van der Waals surface area contributed by atoms with E-state index < -0.39 is 0 Å². The van der Waals surface area contributed by atoms with Crippen molar-refractivity contribution in [1.29, 1.82) is 0 Å². The normalized spacial score (nSPS) is 28.8. The molecular formula is C11H24N2. The summed E-state index contributed by atoms with van der Waals surface area (Å²) in [6.07, 6.45) is 6.39. The molecule has 13 heavy (non-hydrogen) atoms. The molecular weight excluding hydrogens is 160 g/mol. The molecule has 1 rings (SSSR count). The lowest BCUT2D eigenvalue weighted by molar-refractivity contribution is 0.510. The molecule has 0 aromatic carbocycles. The van der Waals surface area contributed by atoms with Gasteiger partial charge in [-0.3, -0.25) is 0 Å². The summed E-state index contributed by atoms with van der Waals surface area (Å²) in [7, 11) is 0. The lowest BCUT2D eigenvalue weighted by Crippen LogP contribution is -2.35. The second-order valence-electron chi connectivity index (χ2n) is 4.32. The van der Waals surface area contributed by atoms with Gasteiger partial charge in [-0.05, 0) is 18.8 Å². The maximum atomic E-state index is 5.96. The summed E-state index contributed by atoms with van der Waals surface area (Å²) in [4.78, 5) is 0. The van der Waals surface area contributed by atoms with Crippen molar-refractivity contribution in [3.05, 3.63) is 0 Å². The van der Waals surface area contributed by atoms with Crippen molar-refractivity contribution >= 4 is 0 Å². The molecule has 0 aromatic heterocycles. The Labute approximate surface area is 82.3 Å². The van der Waals surface area contributed by atoms with Crippen LogP contribution in [0.15, 0.2) is 0 Å². The van der Waals surface area contributed by atoms with Gasteiger partial charge < -0.3 is 11.1 Å². The minimum atomic E-state index is 0.373. The highest BCUT2D eigenvalue weighted by Crippen LogP contribution is 2.32. The largest absolute Gasteiger partial charge is 0.327 e. The maximum absolute atomic E-state index is 5.96. The van der Waals surface area contributed by atoms with Crippen LogP contribution in [0.25, 0.3) is 0 Å². The van der Waals surface area contributed by atoms with Gasteiger partial charge in [0.05, 0.1) is 0 Å². The van der Waals surface area contributed by atoms with Crippen LogP contribution in [0.1, 0.15) is 46.0 Å². The van der Waals surface area contributed by atoms with Crippen molar-refractivity contribution in [2.45, 2.75) is 58.0 Å². The van der Waals surface area contributed by atoms with E-state index in [1.54, 1.807) is 0 Å². The Hall–Kier alpha value is -0.0800. The molecule has 0 bridgehead atoms. The van der Waals surface area contributed by atoms with Crippen LogP contribution in [0.4, 0.5) is 0 Å². The minimum Gasteiger partial charge on any atom is -0.327 e. The molecule has 3 unspecified atom stereocenters. The van der Waals surface area contributed by atoms with E-state index >= 15 is 0 Å². The summed E-state index contributed by atoms with van der Waals surface area (Å²) in [5.74, 6) is 0.943. The Balaban J connectivity index is 1.93. The van der Waals surface area contributed by atoms with E-state index in [2.05, 4.69) is 19.2 Å². The first kappa shape index (κ1) is 11.0. The second-order valence-corrected chi connectivity index (χ2v) is 4.32. The lowest BCUT2D eigenvalue weighted by atomic mass is 10.1. The zero-order valence-corrected chi connectivity index (χ0v) is 9.05. The van der Waals surface area contributed by atoms with Crippen molar-refractivity contribution in [1.82, 2.24) is 5.32 Å². The molecule has 0 radical (unpaired) electrons. The van der Waals surface area contributed by atoms with Crippen molar-refractivity contribution < 1.29 is 0 Å². The van der Waals surface area contributed by atoms with Gasteiger partial charge in [-0.15, -0.1) is 0 Å².